The Morgan fingerprint density at radius 2 is 1.86 bits per heavy atom. The molecule has 0 atom stereocenters. The van der Waals surface area contributed by atoms with Crippen molar-refractivity contribution in [2.24, 2.45) is 0 Å². The monoisotopic (exact) mass is 288 g/mol. The molecular formula is C18H16N4. The van der Waals surface area contributed by atoms with Crippen LogP contribution in [0.4, 0.5) is 0 Å². The van der Waals surface area contributed by atoms with Crippen LogP contribution in [0.5, 0.6) is 0 Å². The summed E-state index contributed by atoms with van der Waals surface area (Å²) in [7, 11) is 0. The van der Waals surface area contributed by atoms with Crippen molar-refractivity contribution in [1.29, 1.82) is 5.26 Å². The summed E-state index contributed by atoms with van der Waals surface area (Å²) < 4.78 is 1.93. The lowest BCUT2D eigenvalue weighted by Gasteiger charge is -2.26. The summed E-state index contributed by atoms with van der Waals surface area (Å²) in [4.78, 5) is 2.42. The molecule has 0 radical (unpaired) electrons. The topological polar surface area (TPSA) is 44.9 Å². The zero-order valence-electron chi connectivity index (χ0n) is 12.2. The van der Waals surface area contributed by atoms with E-state index in [0.29, 0.717) is 5.56 Å². The van der Waals surface area contributed by atoms with Crippen LogP contribution >= 0.6 is 0 Å². The highest BCUT2D eigenvalue weighted by molar-refractivity contribution is 5.40. The number of hydrogen-bond acceptors (Lipinski definition) is 3. The molecule has 108 valence electrons. The Labute approximate surface area is 129 Å². The number of rotatable bonds is 2. The Morgan fingerprint density at radius 1 is 1.09 bits per heavy atom. The van der Waals surface area contributed by atoms with E-state index in [0.717, 1.165) is 31.6 Å². The van der Waals surface area contributed by atoms with Gasteiger partial charge < -0.3 is 4.90 Å². The third-order valence-corrected chi connectivity index (χ3v) is 4.31. The van der Waals surface area contributed by atoms with E-state index in [2.05, 4.69) is 35.4 Å². The van der Waals surface area contributed by atoms with Crippen molar-refractivity contribution in [3.63, 3.8) is 0 Å². The summed E-state index contributed by atoms with van der Waals surface area (Å²) in [5.41, 5.74) is 5.54. The molecule has 0 bridgehead atoms. The van der Waals surface area contributed by atoms with Crippen LogP contribution in [-0.4, -0.2) is 27.8 Å². The minimum Gasteiger partial charge on any atom is -0.371 e. The van der Waals surface area contributed by atoms with Crippen LogP contribution in [-0.2, 0) is 12.8 Å². The Bertz CT molecular complexity index is 777. The second kappa shape index (κ2) is 5.19. The molecule has 0 saturated carbocycles. The van der Waals surface area contributed by atoms with Gasteiger partial charge in [0.2, 0.25) is 0 Å². The second-order valence-corrected chi connectivity index (χ2v) is 5.64. The van der Waals surface area contributed by atoms with Gasteiger partial charge in [-0.1, -0.05) is 6.08 Å². The predicted octanol–water partition coefficient (Wildman–Crippen LogP) is 2.60. The van der Waals surface area contributed by atoms with E-state index in [1.165, 1.54) is 17.0 Å². The lowest BCUT2D eigenvalue weighted by molar-refractivity contribution is 0.368. The van der Waals surface area contributed by atoms with Crippen LogP contribution < -0.4 is 0 Å². The van der Waals surface area contributed by atoms with Gasteiger partial charge in [-0.05, 0) is 48.4 Å². The van der Waals surface area contributed by atoms with Gasteiger partial charge in [0.25, 0.3) is 0 Å². The second-order valence-electron chi connectivity index (χ2n) is 5.64. The number of hydrogen-bond donors (Lipinski definition) is 0. The van der Waals surface area contributed by atoms with E-state index < -0.39 is 0 Å². The SMILES string of the molecule is N#Cc1ccc(-n2cc3c(n2)CCN(C2=CC=C2)CC3)cc1. The standard InChI is InChI=1S/C18H16N4/c19-12-14-4-6-17(7-5-14)22-13-15-8-10-21(16-2-1-3-16)11-9-18(15)20-22/h1-7,13H,8-11H2. The Morgan fingerprint density at radius 3 is 2.55 bits per heavy atom. The summed E-state index contributed by atoms with van der Waals surface area (Å²) >= 11 is 0. The molecule has 22 heavy (non-hydrogen) atoms. The predicted molar refractivity (Wildman–Crippen MR) is 84.5 cm³/mol. The van der Waals surface area contributed by atoms with Crippen LogP contribution in [0.3, 0.4) is 0 Å². The van der Waals surface area contributed by atoms with E-state index in [1.54, 1.807) is 0 Å². The smallest absolute Gasteiger partial charge is 0.0991 e. The summed E-state index contributed by atoms with van der Waals surface area (Å²) in [6.07, 6.45) is 10.6. The molecule has 2 aromatic rings. The molecule has 4 heteroatoms. The molecule has 1 aliphatic carbocycles. The number of nitriles is 1. The highest BCUT2D eigenvalue weighted by Gasteiger charge is 2.19. The van der Waals surface area contributed by atoms with E-state index in [-0.39, 0.29) is 0 Å². The number of nitrogens with zero attached hydrogens (tertiary/aromatic N) is 4. The molecule has 0 saturated heterocycles. The highest BCUT2D eigenvalue weighted by atomic mass is 15.3. The van der Waals surface area contributed by atoms with Gasteiger partial charge >= 0.3 is 0 Å². The normalized spacial score (nSPS) is 16.3. The molecule has 0 spiro atoms. The average molecular weight is 288 g/mol. The molecule has 2 heterocycles. The summed E-state index contributed by atoms with van der Waals surface area (Å²) in [6.45, 7) is 2.07. The van der Waals surface area contributed by atoms with Gasteiger partial charge in [-0.2, -0.15) is 10.4 Å². The van der Waals surface area contributed by atoms with Crippen molar-refractivity contribution in [3.05, 3.63) is 71.2 Å². The summed E-state index contributed by atoms with van der Waals surface area (Å²) in [5.74, 6) is 0. The van der Waals surface area contributed by atoms with Gasteiger partial charge in [0.05, 0.1) is 23.0 Å². The van der Waals surface area contributed by atoms with Crippen molar-refractivity contribution < 1.29 is 0 Å². The first-order valence-electron chi connectivity index (χ1n) is 7.55. The van der Waals surface area contributed by atoms with Gasteiger partial charge in [-0.3, -0.25) is 0 Å². The van der Waals surface area contributed by atoms with Crippen molar-refractivity contribution in [1.82, 2.24) is 14.7 Å². The minimum atomic E-state index is 0.676. The fourth-order valence-corrected chi connectivity index (χ4v) is 2.95. The zero-order valence-corrected chi connectivity index (χ0v) is 12.2. The van der Waals surface area contributed by atoms with Gasteiger partial charge in [0, 0.05) is 31.4 Å². The third kappa shape index (κ3) is 2.21. The molecule has 1 aromatic heterocycles. The lowest BCUT2D eigenvalue weighted by atomic mass is 10.1. The first kappa shape index (κ1) is 12.9. The maximum atomic E-state index is 8.87. The Balaban J connectivity index is 1.55. The fourth-order valence-electron chi connectivity index (χ4n) is 2.95. The van der Waals surface area contributed by atoms with Crippen molar-refractivity contribution in [2.45, 2.75) is 12.8 Å². The van der Waals surface area contributed by atoms with Gasteiger partial charge in [-0.25, -0.2) is 4.68 Å². The molecule has 0 fully saturated rings. The molecular weight excluding hydrogens is 272 g/mol. The van der Waals surface area contributed by atoms with Gasteiger partial charge in [-0.15, -0.1) is 0 Å². The quantitative estimate of drug-likeness (QED) is 0.853. The minimum absolute atomic E-state index is 0.676. The van der Waals surface area contributed by atoms with Crippen molar-refractivity contribution in [3.8, 4) is 11.8 Å². The highest BCUT2D eigenvalue weighted by Crippen LogP contribution is 2.22. The van der Waals surface area contributed by atoms with Crippen LogP contribution in [0.1, 0.15) is 16.8 Å². The van der Waals surface area contributed by atoms with Crippen molar-refractivity contribution >= 4 is 0 Å². The summed E-state index contributed by atoms with van der Waals surface area (Å²) in [6, 6.07) is 9.70. The van der Waals surface area contributed by atoms with Crippen LogP contribution in [0.15, 0.2) is 54.4 Å². The third-order valence-electron chi connectivity index (χ3n) is 4.31. The maximum absolute atomic E-state index is 8.87. The molecule has 0 amide bonds. The van der Waals surface area contributed by atoms with Gasteiger partial charge in [0.1, 0.15) is 0 Å². The van der Waals surface area contributed by atoms with E-state index in [1.807, 2.05) is 28.9 Å². The van der Waals surface area contributed by atoms with Crippen LogP contribution in [0.25, 0.3) is 5.69 Å². The van der Waals surface area contributed by atoms with Gasteiger partial charge in [0.15, 0.2) is 0 Å². The number of allylic oxidation sites excluding steroid dienone is 3. The first-order chi connectivity index (χ1) is 10.8. The molecule has 1 aromatic carbocycles. The average Bonchev–Trinajstić information content (AvgIpc) is 2.82. The number of aromatic nitrogens is 2. The first-order valence-corrected chi connectivity index (χ1v) is 7.55. The van der Waals surface area contributed by atoms with E-state index >= 15 is 0 Å². The molecule has 2 aliphatic rings. The van der Waals surface area contributed by atoms with Crippen molar-refractivity contribution in [2.75, 3.05) is 13.1 Å². The maximum Gasteiger partial charge on any atom is 0.0991 e. The van der Waals surface area contributed by atoms with Crippen LogP contribution in [0.2, 0.25) is 0 Å². The lowest BCUT2D eigenvalue weighted by Crippen LogP contribution is -2.26. The Hall–Kier alpha value is -2.80. The summed E-state index contributed by atoms with van der Waals surface area (Å²) in [5, 5.41) is 13.6. The largest absolute Gasteiger partial charge is 0.371 e. The van der Waals surface area contributed by atoms with E-state index in [9.17, 15) is 0 Å². The number of benzene rings is 1. The van der Waals surface area contributed by atoms with Crippen LogP contribution in [0, 0.1) is 11.3 Å². The molecule has 0 N–H and O–H groups in total. The number of fused-ring (bicyclic) bond motifs is 1. The Kier molecular flexibility index (Phi) is 3.05. The van der Waals surface area contributed by atoms with E-state index in [4.69, 9.17) is 10.4 Å². The fraction of sp³-hybridized carbons (Fsp3) is 0.222. The zero-order chi connectivity index (χ0) is 14.9. The molecule has 0 unspecified atom stereocenters. The molecule has 4 rings (SSSR count). The molecule has 4 nitrogen and oxygen atoms in total. The molecule has 1 aliphatic heterocycles.